The Kier molecular flexibility index (Phi) is 4.76. The van der Waals surface area contributed by atoms with Crippen molar-refractivity contribution in [2.24, 2.45) is 0 Å². The van der Waals surface area contributed by atoms with Crippen LogP contribution in [-0.2, 0) is 16.6 Å². The van der Waals surface area contributed by atoms with Gasteiger partial charge in [0, 0.05) is 10.2 Å². The van der Waals surface area contributed by atoms with Crippen LogP contribution in [0.25, 0.3) is 0 Å². The zero-order chi connectivity index (χ0) is 14.0. The molecule has 0 bridgehead atoms. The van der Waals surface area contributed by atoms with Crippen LogP contribution < -0.4 is 5.73 Å². The van der Waals surface area contributed by atoms with Gasteiger partial charge in [-0.3, -0.25) is 4.21 Å². The molecule has 6 heteroatoms. The smallest absolute Gasteiger partial charge is 0.137 e. The van der Waals surface area contributed by atoms with E-state index in [0.29, 0.717) is 20.8 Å². The Balaban J connectivity index is 2.25. The second kappa shape index (κ2) is 6.15. The fourth-order valence-corrected chi connectivity index (χ4v) is 3.73. The first-order chi connectivity index (χ1) is 8.97. The first kappa shape index (κ1) is 14.7. The zero-order valence-electron chi connectivity index (χ0n) is 9.70. The molecule has 0 heterocycles. The van der Waals surface area contributed by atoms with Crippen LogP contribution in [0.3, 0.4) is 0 Å². The molecule has 0 radical (unpaired) electrons. The van der Waals surface area contributed by atoms with Crippen LogP contribution in [0, 0.1) is 5.82 Å². The molecule has 0 aliphatic carbocycles. The first-order valence-corrected chi connectivity index (χ1v) is 8.25. The van der Waals surface area contributed by atoms with E-state index in [-0.39, 0.29) is 5.82 Å². The molecule has 19 heavy (non-hydrogen) atoms. The highest BCUT2D eigenvalue weighted by Crippen LogP contribution is 2.25. The van der Waals surface area contributed by atoms with Crippen LogP contribution in [0.15, 0.2) is 50.2 Å². The lowest BCUT2D eigenvalue weighted by molar-refractivity contribution is 0.620. The lowest BCUT2D eigenvalue weighted by atomic mass is 10.2. The van der Waals surface area contributed by atoms with E-state index in [1.807, 2.05) is 0 Å². The van der Waals surface area contributed by atoms with Gasteiger partial charge in [0.2, 0.25) is 0 Å². The molecule has 2 nitrogen and oxygen atoms in total. The molecule has 1 unspecified atom stereocenters. The molecular formula is C13H10Br2FNOS. The van der Waals surface area contributed by atoms with Crippen molar-refractivity contribution in [2.45, 2.75) is 10.6 Å². The molecule has 2 rings (SSSR count). The minimum absolute atomic E-state index is 0.291. The normalized spacial score (nSPS) is 12.4. The number of hydrogen-bond acceptors (Lipinski definition) is 2. The summed E-state index contributed by atoms with van der Waals surface area (Å²) < 4.78 is 26.6. The van der Waals surface area contributed by atoms with Gasteiger partial charge in [-0.2, -0.15) is 0 Å². The lowest BCUT2D eigenvalue weighted by Gasteiger charge is -2.07. The second-order valence-corrected chi connectivity index (χ2v) is 7.11. The SMILES string of the molecule is Nc1ccc(Br)cc1S(=O)Cc1ccc(F)c(Br)c1. The summed E-state index contributed by atoms with van der Waals surface area (Å²) >= 11 is 6.44. The van der Waals surface area contributed by atoms with Gasteiger partial charge in [0.15, 0.2) is 0 Å². The van der Waals surface area contributed by atoms with E-state index in [1.165, 1.54) is 6.07 Å². The van der Waals surface area contributed by atoms with Crippen molar-refractivity contribution in [2.75, 3.05) is 5.73 Å². The summed E-state index contributed by atoms with van der Waals surface area (Å²) in [4.78, 5) is 0.579. The molecule has 0 aliphatic rings. The fraction of sp³-hybridized carbons (Fsp3) is 0.0769. The quantitative estimate of drug-likeness (QED) is 0.774. The third-order valence-corrected chi connectivity index (χ3v) is 5.04. The highest BCUT2D eigenvalue weighted by Gasteiger charge is 2.10. The molecule has 0 saturated carbocycles. The summed E-state index contributed by atoms with van der Waals surface area (Å²) in [6.45, 7) is 0. The number of hydrogen-bond donors (Lipinski definition) is 1. The highest BCUT2D eigenvalue weighted by atomic mass is 79.9. The Labute approximate surface area is 129 Å². The van der Waals surface area contributed by atoms with Crippen molar-refractivity contribution >= 4 is 48.3 Å². The molecule has 0 aromatic heterocycles. The van der Waals surface area contributed by atoms with Crippen LogP contribution >= 0.6 is 31.9 Å². The van der Waals surface area contributed by atoms with Crippen LogP contribution in [0.2, 0.25) is 0 Å². The van der Waals surface area contributed by atoms with Gasteiger partial charge in [-0.05, 0) is 51.8 Å². The Bertz CT molecular complexity index is 649. The summed E-state index contributed by atoms with van der Waals surface area (Å²) in [6, 6.07) is 9.83. The topological polar surface area (TPSA) is 43.1 Å². The van der Waals surface area contributed by atoms with Crippen molar-refractivity contribution in [3.63, 3.8) is 0 Å². The Morgan fingerprint density at radius 3 is 2.58 bits per heavy atom. The van der Waals surface area contributed by atoms with Gasteiger partial charge in [0.1, 0.15) is 5.82 Å². The van der Waals surface area contributed by atoms with E-state index in [0.717, 1.165) is 10.0 Å². The number of anilines is 1. The zero-order valence-corrected chi connectivity index (χ0v) is 13.7. The maximum atomic E-state index is 13.1. The fourth-order valence-electron chi connectivity index (χ4n) is 1.56. The monoisotopic (exact) mass is 405 g/mol. The molecule has 0 aliphatic heterocycles. The van der Waals surface area contributed by atoms with E-state index < -0.39 is 10.8 Å². The van der Waals surface area contributed by atoms with Crippen molar-refractivity contribution in [1.29, 1.82) is 0 Å². The molecule has 0 fully saturated rings. The summed E-state index contributed by atoms with van der Waals surface area (Å²) in [5.74, 6) is -0.0454. The summed E-state index contributed by atoms with van der Waals surface area (Å²) in [7, 11) is -1.27. The molecule has 2 aromatic rings. The van der Waals surface area contributed by atoms with Gasteiger partial charge in [0.25, 0.3) is 0 Å². The average molecular weight is 407 g/mol. The van der Waals surface area contributed by atoms with Gasteiger partial charge >= 0.3 is 0 Å². The summed E-state index contributed by atoms with van der Waals surface area (Å²) in [5.41, 5.74) is 7.09. The van der Waals surface area contributed by atoms with E-state index >= 15 is 0 Å². The number of benzene rings is 2. The molecule has 100 valence electrons. The van der Waals surface area contributed by atoms with Gasteiger partial charge in [0.05, 0.1) is 25.9 Å². The van der Waals surface area contributed by atoms with Gasteiger partial charge in [-0.25, -0.2) is 4.39 Å². The molecular weight excluding hydrogens is 397 g/mol. The third kappa shape index (κ3) is 3.64. The van der Waals surface area contributed by atoms with Crippen LogP contribution in [0.5, 0.6) is 0 Å². The number of nitrogen functional groups attached to an aromatic ring is 1. The van der Waals surface area contributed by atoms with Crippen molar-refractivity contribution in [3.8, 4) is 0 Å². The predicted molar refractivity (Wildman–Crippen MR) is 82.8 cm³/mol. The number of halogens is 3. The minimum Gasteiger partial charge on any atom is -0.398 e. The average Bonchev–Trinajstić information content (AvgIpc) is 2.36. The van der Waals surface area contributed by atoms with Crippen molar-refractivity contribution in [3.05, 3.63) is 56.7 Å². The van der Waals surface area contributed by atoms with Crippen LogP contribution in [0.4, 0.5) is 10.1 Å². The molecule has 0 spiro atoms. The van der Waals surface area contributed by atoms with Gasteiger partial charge < -0.3 is 5.73 Å². The molecule has 0 saturated heterocycles. The van der Waals surface area contributed by atoms with E-state index in [2.05, 4.69) is 31.9 Å². The third-order valence-electron chi connectivity index (χ3n) is 2.50. The second-order valence-electron chi connectivity index (χ2n) is 3.92. The number of rotatable bonds is 3. The van der Waals surface area contributed by atoms with E-state index in [9.17, 15) is 8.60 Å². The molecule has 2 aromatic carbocycles. The Hall–Kier alpha value is -0.720. The van der Waals surface area contributed by atoms with E-state index in [1.54, 1.807) is 30.3 Å². The van der Waals surface area contributed by atoms with Gasteiger partial charge in [-0.1, -0.05) is 22.0 Å². The largest absolute Gasteiger partial charge is 0.398 e. The van der Waals surface area contributed by atoms with E-state index in [4.69, 9.17) is 5.73 Å². The van der Waals surface area contributed by atoms with Gasteiger partial charge in [-0.15, -0.1) is 0 Å². The molecule has 0 amide bonds. The summed E-state index contributed by atoms with van der Waals surface area (Å²) in [6.07, 6.45) is 0. The minimum atomic E-state index is -1.27. The highest BCUT2D eigenvalue weighted by molar-refractivity contribution is 9.10. The first-order valence-electron chi connectivity index (χ1n) is 5.34. The predicted octanol–water partition coefficient (Wildman–Crippen LogP) is 4.24. The number of nitrogens with two attached hydrogens (primary N) is 1. The lowest BCUT2D eigenvalue weighted by Crippen LogP contribution is -2.01. The molecule has 2 N–H and O–H groups in total. The molecule has 1 atom stereocenters. The van der Waals surface area contributed by atoms with Crippen LogP contribution in [0.1, 0.15) is 5.56 Å². The van der Waals surface area contributed by atoms with Crippen LogP contribution in [-0.4, -0.2) is 4.21 Å². The Morgan fingerprint density at radius 2 is 1.89 bits per heavy atom. The standard InChI is InChI=1S/C13H10Br2FNOS/c14-9-2-4-12(17)13(6-9)19(18)7-8-1-3-11(16)10(15)5-8/h1-6H,7,17H2. The maximum Gasteiger partial charge on any atom is 0.137 e. The summed E-state index contributed by atoms with van der Waals surface area (Å²) in [5, 5.41) is 0. The Morgan fingerprint density at radius 1 is 1.16 bits per heavy atom. The van der Waals surface area contributed by atoms with Crippen molar-refractivity contribution < 1.29 is 8.60 Å². The van der Waals surface area contributed by atoms with Crippen molar-refractivity contribution in [1.82, 2.24) is 0 Å². The maximum absolute atomic E-state index is 13.1.